The molecule has 1 aliphatic rings. The molecule has 1 N–H and O–H groups in total. The van der Waals surface area contributed by atoms with Gasteiger partial charge in [-0.1, -0.05) is 12.2 Å². The molecule has 0 amide bonds. The Morgan fingerprint density at radius 2 is 2.15 bits per heavy atom. The third-order valence-electron chi connectivity index (χ3n) is 2.61. The zero-order valence-corrected chi connectivity index (χ0v) is 9.30. The molecule has 0 aromatic rings. The van der Waals surface area contributed by atoms with Gasteiger partial charge in [0.05, 0.1) is 0 Å². The van der Waals surface area contributed by atoms with Crippen LogP contribution < -0.4 is 5.32 Å². The van der Waals surface area contributed by atoms with Crippen molar-refractivity contribution >= 4 is 0 Å². The van der Waals surface area contributed by atoms with Crippen LogP contribution in [0.15, 0.2) is 12.2 Å². The Labute approximate surface area is 82.0 Å². The van der Waals surface area contributed by atoms with E-state index in [0.29, 0.717) is 11.6 Å². The highest BCUT2D eigenvalue weighted by molar-refractivity contribution is 5.07. The van der Waals surface area contributed by atoms with E-state index in [1.807, 2.05) is 7.05 Å². The Kier molecular flexibility index (Phi) is 3.51. The standard InChI is InChI=1S/C11H22N2/c1-11(2,3)13-9-5-6-10(13)7-8-12-4/h5-6,10,12H,7-9H2,1-4H3/t10-/m1/s1. The first-order valence-electron chi connectivity index (χ1n) is 5.13. The van der Waals surface area contributed by atoms with Crippen molar-refractivity contribution in [2.45, 2.75) is 38.8 Å². The van der Waals surface area contributed by atoms with Crippen LogP contribution in [0.1, 0.15) is 27.2 Å². The van der Waals surface area contributed by atoms with Gasteiger partial charge in [0.2, 0.25) is 0 Å². The van der Waals surface area contributed by atoms with Crippen molar-refractivity contribution in [2.75, 3.05) is 20.1 Å². The van der Waals surface area contributed by atoms with E-state index in [0.717, 1.165) is 13.1 Å². The third kappa shape index (κ3) is 2.82. The second-order valence-electron chi connectivity index (χ2n) is 4.71. The van der Waals surface area contributed by atoms with Gasteiger partial charge in [0.1, 0.15) is 0 Å². The molecule has 0 aromatic heterocycles. The molecule has 1 rings (SSSR count). The average Bonchev–Trinajstić information content (AvgIpc) is 2.47. The summed E-state index contributed by atoms with van der Waals surface area (Å²) in [6, 6.07) is 0.632. The number of hydrogen-bond donors (Lipinski definition) is 1. The van der Waals surface area contributed by atoms with Crippen LogP contribution in [0.3, 0.4) is 0 Å². The maximum Gasteiger partial charge on any atom is 0.0299 e. The fraction of sp³-hybridized carbons (Fsp3) is 0.818. The summed E-state index contributed by atoms with van der Waals surface area (Å²) in [5.74, 6) is 0. The summed E-state index contributed by atoms with van der Waals surface area (Å²) in [7, 11) is 2.01. The molecule has 0 saturated heterocycles. The first kappa shape index (κ1) is 10.7. The van der Waals surface area contributed by atoms with E-state index in [4.69, 9.17) is 0 Å². The molecule has 1 heterocycles. The van der Waals surface area contributed by atoms with Crippen molar-refractivity contribution in [3.63, 3.8) is 0 Å². The van der Waals surface area contributed by atoms with Crippen molar-refractivity contribution < 1.29 is 0 Å². The highest BCUT2D eigenvalue weighted by Gasteiger charge is 2.28. The van der Waals surface area contributed by atoms with Crippen molar-refractivity contribution in [1.29, 1.82) is 0 Å². The van der Waals surface area contributed by atoms with Crippen molar-refractivity contribution in [3.8, 4) is 0 Å². The zero-order valence-electron chi connectivity index (χ0n) is 9.30. The average molecular weight is 182 g/mol. The molecule has 2 heteroatoms. The summed E-state index contributed by atoms with van der Waals surface area (Å²) in [5.41, 5.74) is 0.294. The van der Waals surface area contributed by atoms with Gasteiger partial charge in [0.15, 0.2) is 0 Å². The number of hydrogen-bond acceptors (Lipinski definition) is 2. The van der Waals surface area contributed by atoms with Crippen LogP contribution in [0.4, 0.5) is 0 Å². The summed E-state index contributed by atoms with van der Waals surface area (Å²) in [6.07, 6.45) is 5.83. The normalized spacial score (nSPS) is 24.2. The van der Waals surface area contributed by atoms with Gasteiger partial charge in [-0.2, -0.15) is 0 Å². The lowest BCUT2D eigenvalue weighted by atomic mass is 10.0. The van der Waals surface area contributed by atoms with Crippen molar-refractivity contribution in [2.24, 2.45) is 0 Å². The van der Waals surface area contributed by atoms with Gasteiger partial charge in [0.25, 0.3) is 0 Å². The Morgan fingerprint density at radius 1 is 1.46 bits per heavy atom. The van der Waals surface area contributed by atoms with Crippen LogP contribution in [-0.4, -0.2) is 36.6 Å². The quantitative estimate of drug-likeness (QED) is 0.667. The zero-order chi connectivity index (χ0) is 9.90. The van der Waals surface area contributed by atoms with E-state index in [9.17, 15) is 0 Å². The molecule has 1 atom stereocenters. The number of nitrogens with one attached hydrogen (secondary N) is 1. The third-order valence-corrected chi connectivity index (χ3v) is 2.61. The molecule has 0 radical (unpaired) electrons. The molecule has 1 aliphatic heterocycles. The summed E-state index contributed by atoms with van der Waals surface area (Å²) in [5, 5.41) is 3.21. The largest absolute Gasteiger partial charge is 0.320 e. The minimum Gasteiger partial charge on any atom is -0.320 e. The topological polar surface area (TPSA) is 15.3 Å². The smallest absolute Gasteiger partial charge is 0.0299 e. The molecule has 76 valence electrons. The highest BCUT2D eigenvalue weighted by Crippen LogP contribution is 2.23. The van der Waals surface area contributed by atoms with Crippen molar-refractivity contribution in [3.05, 3.63) is 12.2 Å². The lowest BCUT2D eigenvalue weighted by Crippen LogP contribution is -2.45. The van der Waals surface area contributed by atoms with E-state index in [1.165, 1.54) is 6.42 Å². The summed E-state index contributed by atoms with van der Waals surface area (Å²) in [4.78, 5) is 2.55. The molecule has 0 unspecified atom stereocenters. The van der Waals surface area contributed by atoms with Gasteiger partial charge in [-0.3, -0.25) is 4.90 Å². The van der Waals surface area contributed by atoms with Crippen molar-refractivity contribution in [1.82, 2.24) is 10.2 Å². The predicted molar refractivity (Wildman–Crippen MR) is 57.9 cm³/mol. The molecule has 13 heavy (non-hydrogen) atoms. The van der Waals surface area contributed by atoms with Gasteiger partial charge < -0.3 is 5.32 Å². The molecular formula is C11H22N2. The van der Waals surface area contributed by atoms with E-state index in [1.54, 1.807) is 0 Å². The van der Waals surface area contributed by atoms with Gasteiger partial charge in [-0.15, -0.1) is 0 Å². The molecule has 2 nitrogen and oxygen atoms in total. The second-order valence-corrected chi connectivity index (χ2v) is 4.71. The van der Waals surface area contributed by atoms with Gasteiger partial charge in [-0.05, 0) is 40.8 Å². The molecular weight excluding hydrogens is 160 g/mol. The highest BCUT2D eigenvalue weighted by atomic mass is 15.2. The Hall–Kier alpha value is -0.340. The predicted octanol–water partition coefficient (Wildman–Crippen LogP) is 1.63. The lowest BCUT2D eigenvalue weighted by molar-refractivity contribution is 0.128. The maximum absolute atomic E-state index is 3.21. The van der Waals surface area contributed by atoms with Crippen LogP contribution in [-0.2, 0) is 0 Å². The fourth-order valence-corrected chi connectivity index (χ4v) is 1.89. The van der Waals surface area contributed by atoms with Crippen LogP contribution >= 0.6 is 0 Å². The second kappa shape index (κ2) is 4.25. The molecule has 0 bridgehead atoms. The minimum atomic E-state index is 0.294. The molecule has 0 spiro atoms. The van der Waals surface area contributed by atoms with Crippen LogP contribution in [0, 0.1) is 0 Å². The summed E-state index contributed by atoms with van der Waals surface area (Å²) >= 11 is 0. The maximum atomic E-state index is 3.21. The molecule has 0 saturated carbocycles. The lowest BCUT2D eigenvalue weighted by Gasteiger charge is -2.37. The monoisotopic (exact) mass is 182 g/mol. The van der Waals surface area contributed by atoms with Gasteiger partial charge >= 0.3 is 0 Å². The van der Waals surface area contributed by atoms with Gasteiger partial charge in [-0.25, -0.2) is 0 Å². The Morgan fingerprint density at radius 3 is 2.69 bits per heavy atom. The van der Waals surface area contributed by atoms with E-state index < -0.39 is 0 Å². The van der Waals surface area contributed by atoms with Gasteiger partial charge in [0, 0.05) is 18.1 Å². The first-order chi connectivity index (χ1) is 6.05. The number of rotatable bonds is 3. The van der Waals surface area contributed by atoms with E-state index in [-0.39, 0.29) is 0 Å². The Balaban J connectivity index is 2.48. The molecule has 0 aromatic carbocycles. The summed E-state index contributed by atoms with van der Waals surface area (Å²) < 4.78 is 0. The fourth-order valence-electron chi connectivity index (χ4n) is 1.89. The Bertz CT molecular complexity index is 179. The van der Waals surface area contributed by atoms with E-state index in [2.05, 4.69) is 43.1 Å². The van der Waals surface area contributed by atoms with E-state index >= 15 is 0 Å². The summed E-state index contributed by atoms with van der Waals surface area (Å²) in [6.45, 7) is 9.06. The minimum absolute atomic E-state index is 0.294. The number of nitrogens with zero attached hydrogens (tertiary/aromatic N) is 1. The van der Waals surface area contributed by atoms with Crippen LogP contribution in [0.25, 0.3) is 0 Å². The molecule has 0 aliphatic carbocycles. The van der Waals surface area contributed by atoms with Crippen LogP contribution in [0.5, 0.6) is 0 Å². The first-order valence-corrected chi connectivity index (χ1v) is 5.13. The molecule has 0 fully saturated rings. The SMILES string of the molecule is CNCC[C@H]1C=CCN1C(C)(C)C. The van der Waals surface area contributed by atoms with Crippen LogP contribution in [0.2, 0.25) is 0 Å².